The highest BCUT2D eigenvalue weighted by Crippen LogP contribution is 2.18. The fourth-order valence-corrected chi connectivity index (χ4v) is 2.64. The maximum Gasteiger partial charge on any atom is 0.243 e. The van der Waals surface area contributed by atoms with Crippen LogP contribution in [-0.4, -0.2) is 55.6 Å². The first-order valence-electron chi connectivity index (χ1n) is 7.94. The molecule has 126 valence electrons. The Morgan fingerprint density at radius 3 is 2.43 bits per heavy atom. The molecule has 1 aliphatic heterocycles. The quantitative estimate of drug-likeness (QED) is 0.852. The number of hydrogen-bond acceptors (Lipinski definition) is 4. The summed E-state index contributed by atoms with van der Waals surface area (Å²) in [6.45, 7) is 8.48. The molecule has 1 heterocycles. The topological polar surface area (TPSA) is 70.7 Å². The summed E-state index contributed by atoms with van der Waals surface area (Å²) in [5, 5.41) is 5.57. The van der Waals surface area contributed by atoms with Crippen LogP contribution in [-0.2, 0) is 14.3 Å². The first kappa shape index (κ1) is 17.4. The molecule has 23 heavy (non-hydrogen) atoms. The van der Waals surface area contributed by atoms with Crippen LogP contribution >= 0.6 is 0 Å². The Bertz CT molecular complexity index is 548. The van der Waals surface area contributed by atoms with Crippen molar-refractivity contribution in [3.63, 3.8) is 0 Å². The number of carbonyl (C=O) groups is 2. The number of ether oxygens (including phenoxy) is 1. The van der Waals surface area contributed by atoms with E-state index in [2.05, 4.69) is 15.5 Å². The molecular formula is C17H25N3O3. The lowest BCUT2D eigenvalue weighted by Crippen LogP contribution is -2.50. The van der Waals surface area contributed by atoms with Crippen LogP contribution in [0.3, 0.4) is 0 Å². The first-order chi connectivity index (χ1) is 11.0. The minimum Gasteiger partial charge on any atom is -0.379 e. The van der Waals surface area contributed by atoms with Gasteiger partial charge in [0.1, 0.15) is 0 Å². The van der Waals surface area contributed by atoms with E-state index >= 15 is 0 Å². The van der Waals surface area contributed by atoms with Crippen LogP contribution in [0.15, 0.2) is 18.2 Å². The number of amides is 2. The van der Waals surface area contributed by atoms with Gasteiger partial charge in [-0.05, 0) is 31.9 Å². The lowest BCUT2D eigenvalue weighted by Gasteiger charge is -2.31. The molecule has 6 heteroatoms. The zero-order valence-electron chi connectivity index (χ0n) is 14.0. The molecule has 1 fully saturated rings. The number of morpholine rings is 1. The summed E-state index contributed by atoms with van der Waals surface area (Å²) < 4.78 is 5.28. The molecule has 1 aromatic carbocycles. The summed E-state index contributed by atoms with van der Waals surface area (Å²) >= 11 is 0. The predicted octanol–water partition coefficient (Wildman–Crippen LogP) is 1.08. The van der Waals surface area contributed by atoms with Crippen molar-refractivity contribution in [3.05, 3.63) is 29.3 Å². The van der Waals surface area contributed by atoms with E-state index in [-0.39, 0.29) is 24.4 Å². The number of nitrogens with zero attached hydrogens (tertiary/aromatic N) is 1. The van der Waals surface area contributed by atoms with Gasteiger partial charge in [0.15, 0.2) is 0 Å². The Kier molecular flexibility index (Phi) is 6.12. The van der Waals surface area contributed by atoms with Gasteiger partial charge in [-0.25, -0.2) is 0 Å². The van der Waals surface area contributed by atoms with Gasteiger partial charge in [0.2, 0.25) is 11.8 Å². The zero-order chi connectivity index (χ0) is 16.8. The van der Waals surface area contributed by atoms with Gasteiger partial charge in [0.25, 0.3) is 0 Å². The van der Waals surface area contributed by atoms with Crippen molar-refractivity contribution >= 4 is 17.5 Å². The van der Waals surface area contributed by atoms with Gasteiger partial charge >= 0.3 is 0 Å². The summed E-state index contributed by atoms with van der Waals surface area (Å²) in [4.78, 5) is 26.3. The van der Waals surface area contributed by atoms with Crippen molar-refractivity contribution in [2.45, 2.75) is 26.8 Å². The Morgan fingerprint density at radius 2 is 1.83 bits per heavy atom. The van der Waals surface area contributed by atoms with Crippen LogP contribution in [0.5, 0.6) is 0 Å². The Balaban J connectivity index is 1.82. The smallest absolute Gasteiger partial charge is 0.243 e. The number of para-hydroxylation sites is 1. The number of nitrogens with one attached hydrogen (secondary N) is 2. The summed E-state index contributed by atoms with van der Waals surface area (Å²) in [6.07, 6.45) is 0. The maximum atomic E-state index is 12.2. The maximum absolute atomic E-state index is 12.2. The number of rotatable bonds is 5. The van der Waals surface area contributed by atoms with Crippen LogP contribution in [0, 0.1) is 13.8 Å². The highest BCUT2D eigenvalue weighted by Gasteiger charge is 2.23. The van der Waals surface area contributed by atoms with Crippen molar-refractivity contribution in [2.75, 3.05) is 38.2 Å². The predicted molar refractivity (Wildman–Crippen MR) is 89.4 cm³/mol. The number of hydrogen-bond donors (Lipinski definition) is 2. The Morgan fingerprint density at radius 1 is 1.22 bits per heavy atom. The molecule has 2 amide bonds. The van der Waals surface area contributed by atoms with Gasteiger partial charge in [-0.2, -0.15) is 0 Å². The summed E-state index contributed by atoms with van der Waals surface area (Å²) in [6, 6.07) is 5.59. The molecule has 0 saturated carbocycles. The van der Waals surface area contributed by atoms with Crippen molar-refractivity contribution in [3.8, 4) is 0 Å². The second-order valence-electron chi connectivity index (χ2n) is 5.86. The molecule has 0 radical (unpaired) electrons. The molecule has 1 saturated heterocycles. The van der Waals surface area contributed by atoms with Gasteiger partial charge in [-0.3, -0.25) is 14.5 Å². The molecule has 1 aromatic rings. The fraction of sp³-hybridized carbons (Fsp3) is 0.529. The second-order valence-corrected chi connectivity index (χ2v) is 5.86. The average molecular weight is 319 g/mol. The van der Waals surface area contributed by atoms with E-state index in [4.69, 9.17) is 4.74 Å². The number of benzene rings is 1. The van der Waals surface area contributed by atoms with Gasteiger partial charge in [-0.15, -0.1) is 0 Å². The van der Waals surface area contributed by atoms with Crippen molar-refractivity contribution in [1.82, 2.24) is 10.2 Å². The van der Waals surface area contributed by atoms with Gasteiger partial charge in [0, 0.05) is 18.8 Å². The van der Waals surface area contributed by atoms with E-state index in [1.807, 2.05) is 39.0 Å². The van der Waals surface area contributed by atoms with Crippen LogP contribution in [0.25, 0.3) is 0 Å². The number of anilines is 1. The molecule has 1 aliphatic rings. The third kappa shape index (κ3) is 4.77. The molecule has 6 nitrogen and oxygen atoms in total. The second kappa shape index (κ2) is 8.08. The van der Waals surface area contributed by atoms with Crippen LogP contribution in [0.1, 0.15) is 18.1 Å². The minimum absolute atomic E-state index is 0.0265. The van der Waals surface area contributed by atoms with Gasteiger partial charge < -0.3 is 15.4 Å². The standard InChI is InChI=1S/C17H25N3O3/c1-12-5-4-6-13(2)16(12)19-15(21)11-18-17(22)14(3)20-7-9-23-10-8-20/h4-6,14H,7-11H2,1-3H3,(H,18,22)(H,19,21)/t14-/m0/s1. The molecular weight excluding hydrogens is 294 g/mol. The van der Waals surface area contributed by atoms with E-state index in [1.54, 1.807) is 0 Å². The van der Waals surface area contributed by atoms with Crippen molar-refractivity contribution < 1.29 is 14.3 Å². The van der Waals surface area contributed by atoms with Crippen LogP contribution < -0.4 is 10.6 Å². The van der Waals surface area contributed by atoms with Gasteiger partial charge in [-0.1, -0.05) is 18.2 Å². The normalized spacial score (nSPS) is 16.7. The Labute approximate surface area is 137 Å². The Hall–Kier alpha value is -1.92. The molecule has 0 aliphatic carbocycles. The summed E-state index contributed by atoms with van der Waals surface area (Å²) in [5.74, 6) is -0.353. The highest BCUT2D eigenvalue weighted by molar-refractivity contribution is 5.96. The van der Waals surface area contributed by atoms with E-state index < -0.39 is 0 Å². The zero-order valence-corrected chi connectivity index (χ0v) is 14.0. The molecule has 2 N–H and O–H groups in total. The first-order valence-corrected chi connectivity index (χ1v) is 7.94. The largest absolute Gasteiger partial charge is 0.379 e. The van der Waals surface area contributed by atoms with Crippen molar-refractivity contribution in [2.24, 2.45) is 0 Å². The van der Waals surface area contributed by atoms with Crippen molar-refractivity contribution in [1.29, 1.82) is 0 Å². The lowest BCUT2D eigenvalue weighted by atomic mass is 10.1. The molecule has 1 atom stereocenters. The summed E-state index contributed by atoms with van der Waals surface area (Å²) in [5.41, 5.74) is 2.82. The third-order valence-electron chi connectivity index (χ3n) is 4.14. The van der Waals surface area contributed by atoms with E-state index in [1.165, 1.54) is 0 Å². The summed E-state index contributed by atoms with van der Waals surface area (Å²) in [7, 11) is 0. The lowest BCUT2D eigenvalue weighted by molar-refractivity contribution is -0.129. The fourth-order valence-electron chi connectivity index (χ4n) is 2.64. The van der Waals surface area contributed by atoms with Crippen LogP contribution in [0.2, 0.25) is 0 Å². The highest BCUT2D eigenvalue weighted by atomic mass is 16.5. The minimum atomic E-state index is -0.258. The van der Waals surface area contributed by atoms with E-state index in [0.29, 0.717) is 13.2 Å². The monoisotopic (exact) mass is 319 g/mol. The molecule has 0 unspecified atom stereocenters. The van der Waals surface area contributed by atoms with E-state index in [0.717, 1.165) is 29.9 Å². The molecule has 0 bridgehead atoms. The third-order valence-corrected chi connectivity index (χ3v) is 4.14. The SMILES string of the molecule is Cc1cccc(C)c1NC(=O)CNC(=O)[C@H](C)N1CCOCC1. The number of aryl methyl sites for hydroxylation is 2. The molecule has 0 aromatic heterocycles. The van der Waals surface area contributed by atoms with Gasteiger partial charge in [0.05, 0.1) is 25.8 Å². The van der Waals surface area contributed by atoms with Crippen LogP contribution in [0.4, 0.5) is 5.69 Å². The average Bonchev–Trinajstić information content (AvgIpc) is 2.56. The molecule has 0 spiro atoms. The van der Waals surface area contributed by atoms with E-state index in [9.17, 15) is 9.59 Å². The number of carbonyl (C=O) groups excluding carboxylic acids is 2. The molecule has 2 rings (SSSR count).